The summed E-state index contributed by atoms with van der Waals surface area (Å²) in [5.74, 6) is 0. The standard InChI is InChI=1S/C8H18N.C2H5O.2ClH.Ti/c1-3-5-7-9-8-6-4-2;1-2-3;;;/h3-8H2,1-2H3;2H2,1H3;2*1H;/q2*-1;;;+4/p-2. The minimum Gasteiger partial charge on any atom is -1.00 e. The number of halogens is 2. The maximum atomic E-state index is 5.54. The zero-order chi connectivity index (χ0) is 9.94. The van der Waals surface area contributed by atoms with Crippen molar-refractivity contribution < 1.29 is 47.9 Å². The van der Waals surface area contributed by atoms with E-state index >= 15 is 0 Å². The van der Waals surface area contributed by atoms with Crippen molar-refractivity contribution in [1.82, 2.24) is 3.38 Å². The summed E-state index contributed by atoms with van der Waals surface area (Å²) in [6.07, 6.45) is 5.22. The molecule has 0 unspecified atom stereocenters. The van der Waals surface area contributed by atoms with E-state index in [0.29, 0.717) is 0 Å². The molecule has 0 N–H and O–H groups in total. The van der Waals surface area contributed by atoms with Crippen LogP contribution in [0.2, 0.25) is 0 Å². The molecule has 0 aliphatic rings. The summed E-state index contributed by atoms with van der Waals surface area (Å²) in [5, 5.41) is 0. The normalized spacial score (nSPS) is 9.07. The fraction of sp³-hybridized carbons (Fsp3) is 1.00. The summed E-state index contributed by atoms with van der Waals surface area (Å²) >= 11 is -0.262. The first-order valence-electron chi connectivity index (χ1n) is 5.47. The molecule has 5 heteroatoms. The molecule has 15 heavy (non-hydrogen) atoms. The molecule has 0 aromatic heterocycles. The predicted octanol–water partition coefficient (Wildman–Crippen LogP) is -3.15. The Bertz CT molecular complexity index is 90.4. The average molecular weight is 292 g/mol. The van der Waals surface area contributed by atoms with E-state index in [4.69, 9.17) is 3.32 Å². The Labute approximate surface area is 117 Å². The van der Waals surface area contributed by atoms with Gasteiger partial charge in [-0.25, -0.2) is 0 Å². The van der Waals surface area contributed by atoms with Crippen LogP contribution in [0.5, 0.6) is 0 Å². The Morgan fingerprint density at radius 3 is 1.73 bits per heavy atom. The van der Waals surface area contributed by atoms with Crippen LogP contribution in [0, 0.1) is 0 Å². The molecule has 0 spiro atoms. The smallest absolute Gasteiger partial charge is 1.00 e. The predicted molar refractivity (Wildman–Crippen MR) is 53.0 cm³/mol. The van der Waals surface area contributed by atoms with E-state index in [1.807, 2.05) is 0 Å². The molecule has 0 rings (SSSR count). The molecular weight excluding hydrogens is 269 g/mol. The fourth-order valence-electron chi connectivity index (χ4n) is 1.06. The maximum absolute atomic E-state index is 5.54. The molecule has 0 atom stereocenters. The van der Waals surface area contributed by atoms with E-state index in [1.165, 1.54) is 38.8 Å². The molecule has 92 valence electrons. The fourth-order valence-corrected chi connectivity index (χ4v) is 2.32. The van der Waals surface area contributed by atoms with Crippen molar-refractivity contribution in [2.45, 2.75) is 46.5 Å². The average Bonchev–Trinajstić information content (AvgIpc) is 2.17. The minimum atomic E-state index is -0.262. The summed E-state index contributed by atoms with van der Waals surface area (Å²) in [6.45, 7) is 9.96. The van der Waals surface area contributed by atoms with Crippen molar-refractivity contribution in [2.24, 2.45) is 0 Å². The first kappa shape index (κ1) is 21.5. The van der Waals surface area contributed by atoms with Gasteiger partial charge in [0.2, 0.25) is 0 Å². The van der Waals surface area contributed by atoms with Crippen molar-refractivity contribution in [3.63, 3.8) is 0 Å². The van der Waals surface area contributed by atoms with Crippen molar-refractivity contribution >= 4 is 0 Å². The summed E-state index contributed by atoms with van der Waals surface area (Å²) in [6, 6.07) is 0. The van der Waals surface area contributed by atoms with Gasteiger partial charge in [0.15, 0.2) is 0 Å². The number of nitrogens with zero attached hydrogens (tertiary/aromatic N) is 1. The molecule has 0 aromatic rings. The Hall–Kier alpha value is 1.21. The molecular formula is C10H23Cl2NOTi. The molecule has 0 heterocycles. The Morgan fingerprint density at radius 2 is 1.40 bits per heavy atom. The van der Waals surface area contributed by atoms with Crippen LogP contribution in [0.25, 0.3) is 0 Å². The van der Waals surface area contributed by atoms with Gasteiger partial charge >= 0.3 is 92.6 Å². The Morgan fingerprint density at radius 1 is 0.933 bits per heavy atom. The van der Waals surface area contributed by atoms with Crippen molar-refractivity contribution in [1.29, 1.82) is 0 Å². The monoisotopic (exact) mass is 291 g/mol. The van der Waals surface area contributed by atoms with Crippen LogP contribution in [0.3, 0.4) is 0 Å². The Balaban J connectivity index is -0.000000720. The van der Waals surface area contributed by atoms with Crippen molar-refractivity contribution in [3.05, 3.63) is 0 Å². The van der Waals surface area contributed by atoms with Gasteiger partial charge in [-0.3, -0.25) is 0 Å². The van der Waals surface area contributed by atoms with Gasteiger partial charge < -0.3 is 24.8 Å². The van der Waals surface area contributed by atoms with Crippen LogP contribution in [0.15, 0.2) is 0 Å². The van der Waals surface area contributed by atoms with Gasteiger partial charge in [0.1, 0.15) is 0 Å². The van der Waals surface area contributed by atoms with Gasteiger partial charge in [0, 0.05) is 0 Å². The van der Waals surface area contributed by atoms with Gasteiger partial charge in [-0.1, -0.05) is 0 Å². The van der Waals surface area contributed by atoms with Crippen molar-refractivity contribution in [2.75, 3.05) is 19.7 Å². The summed E-state index contributed by atoms with van der Waals surface area (Å²) < 4.78 is 8.08. The van der Waals surface area contributed by atoms with Crippen LogP contribution in [-0.2, 0) is 23.1 Å². The third kappa shape index (κ3) is 15.2. The van der Waals surface area contributed by atoms with Gasteiger partial charge in [0.05, 0.1) is 0 Å². The molecule has 0 aliphatic heterocycles. The van der Waals surface area contributed by atoms with Gasteiger partial charge in [-0.2, -0.15) is 0 Å². The van der Waals surface area contributed by atoms with E-state index in [9.17, 15) is 0 Å². The molecule has 0 radical (unpaired) electrons. The molecule has 0 saturated heterocycles. The quantitative estimate of drug-likeness (QED) is 0.416. The largest absolute Gasteiger partial charge is 1.00 e. The second-order valence-corrected chi connectivity index (χ2v) is 4.94. The van der Waals surface area contributed by atoms with E-state index < -0.39 is 0 Å². The van der Waals surface area contributed by atoms with Crippen LogP contribution in [0.1, 0.15) is 46.5 Å². The van der Waals surface area contributed by atoms with Gasteiger partial charge in [-0.05, 0) is 0 Å². The number of hydrogen-bond acceptors (Lipinski definition) is 2. The van der Waals surface area contributed by atoms with E-state index in [1.54, 1.807) is 0 Å². The van der Waals surface area contributed by atoms with Crippen molar-refractivity contribution in [3.8, 4) is 0 Å². The second kappa shape index (κ2) is 17.6. The first-order chi connectivity index (χ1) is 6.35. The maximum Gasteiger partial charge on any atom is -1.00 e. The summed E-state index contributed by atoms with van der Waals surface area (Å²) in [4.78, 5) is 0. The number of hydrogen-bond donors (Lipinski definition) is 0. The molecule has 0 saturated carbocycles. The van der Waals surface area contributed by atoms with Crippen LogP contribution in [0.4, 0.5) is 0 Å². The van der Waals surface area contributed by atoms with E-state index in [-0.39, 0.29) is 44.6 Å². The summed E-state index contributed by atoms with van der Waals surface area (Å²) in [7, 11) is 0. The van der Waals surface area contributed by atoms with Crippen LogP contribution in [-0.4, -0.2) is 23.1 Å². The second-order valence-electron chi connectivity index (χ2n) is 3.22. The number of unbranched alkanes of at least 4 members (excludes halogenated alkanes) is 2. The SMILES string of the molecule is CCCC[N](CCCC)[Ti+2][O]CC.[Cl-].[Cl-]. The van der Waals surface area contributed by atoms with Gasteiger partial charge in [0.25, 0.3) is 0 Å². The van der Waals surface area contributed by atoms with Gasteiger partial charge in [-0.15, -0.1) is 0 Å². The van der Waals surface area contributed by atoms with E-state index in [2.05, 4.69) is 24.2 Å². The molecule has 0 bridgehead atoms. The molecule has 0 aliphatic carbocycles. The van der Waals surface area contributed by atoms with Crippen LogP contribution >= 0.6 is 0 Å². The summed E-state index contributed by atoms with van der Waals surface area (Å²) in [5.41, 5.74) is 0. The molecule has 0 aromatic carbocycles. The topological polar surface area (TPSA) is 12.5 Å². The molecule has 0 fully saturated rings. The zero-order valence-corrected chi connectivity index (χ0v) is 13.1. The number of rotatable bonds is 9. The molecule has 0 amide bonds. The third-order valence-electron chi connectivity index (χ3n) is 1.90. The minimum absolute atomic E-state index is 0. The first-order valence-corrected chi connectivity index (χ1v) is 6.81. The van der Waals surface area contributed by atoms with Crippen LogP contribution < -0.4 is 24.8 Å². The molecule has 2 nitrogen and oxygen atoms in total. The third-order valence-corrected chi connectivity index (χ3v) is 3.66. The zero-order valence-electron chi connectivity index (χ0n) is 10.1. The Kier molecular flexibility index (Phi) is 25.2. The van der Waals surface area contributed by atoms with E-state index in [0.717, 1.165) is 6.61 Å².